The standard InChI is InChI=1S/C14H13F5N2O2/c1-22-12-10(4-3-9(15)11(12)16)21-7-13(23-2,14(17,18)19)5-8(21)6-20/h3-4,8H,5,7H2,1-2H3/i2D3. The Morgan fingerprint density at radius 3 is 2.65 bits per heavy atom. The third-order valence-corrected chi connectivity index (χ3v) is 3.73. The molecule has 23 heavy (non-hydrogen) atoms. The number of hydrogen-bond donors (Lipinski definition) is 0. The minimum absolute atomic E-state index is 0.321. The van der Waals surface area contributed by atoms with Gasteiger partial charge in [0.15, 0.2) is 17.2 Å². The molecule has 0 N–H and O–H groups in total. The smallest absolute Gasteiger partial charge is 0.419 e. The molecule has 1 heterocycles. The number of nitrogens with zero attached hydrogens (tertiary/aromatic N) is 2. The SMILES string of the molecule is [2H]C([2H])([2H])OC1(C(F)(F)F)CC(C#N)N(c2ccc(F)c(F)c2OC)C1. The number of benzene rings is 1. The van der Waals surface area contributed by atoms with Gasteiger partial charge < -0.3 is 14.4 Å². The van der Waals surface area contributed by atoms with Crippen LogP contribution in [0.3, 0.4) is 0 Å². The van der Waals surface area contributed by atoms with Crippen molar-refractivity contribution in [3.63, 3.8) is 0 Å². The Hall–Kier alpha value is -2.08. The number of rotatable bonds is 3. The van der Waals surface area contributed by atoms with Gasteiger partial charge in [-0.05, 0) is 12.1 Å². The molecule has 1 saturated heterocycles. The fourth-order valence-electron chi connectivity index (χ4n) is 2.52. The summed E-state index contributed by atoms with van der Waals surface area (Å²) in [6, 6.07) is 1.71. The summed E-state index contributed by atoms with van der Waals surface area (Å²) in [5.41, 5.74) is -3.51. The van der Waals surface area contributed by atoms with E-state index in [4.69, 9.17) is 8.85 Å². The molecule has 0 aliphatic carbocycles. The molecule has 2 atom stereocenters. The average molecular weight is 339 g/mol. The first kappa shape index (κ1) is 13.4. The third kappa shape index (κ3) is 2.67. The summed E-state index contributed by atoms with van der Waals surface area (Å²) in [5.74, 6) is -3.43. The number of methoxy groups -OCH3 is 2. The molecule has 1 aliphatic rings. The molecule has 0 spiro atoms. The third-order valence-electron chi connectivity index (χ3n) is 3.73. The second-order valence-corrected chi connectivity index (χ2v) is 4.98. The first-order valence-electron chi connectivity index (χ1n) is 7.80. The van der Waals surface area contributed by atoms with Crippen molar-refractivity contribution < 1.29 is 35.5 Å². The molecule has 0 aromatic heterocycles. The Balaban J connectivity index is 2.55. The molecule has 0 radical (unpaired) electrons. The predicted octanol–water partition coefficient (Wildman–Crippen LogP) is 3.02. The fraction of sp³-hybridized carbons (Fsp3) is 0.500. The van der Waals surface area contributed by atoms with E-state index in [2.05, 4.69) is 4.74 Å². The van der Waals surface area contributed by atoms with Crippen LogP contribution in [0.1, 0.15) is 10.5 Å². The lowest BCUT2D eigenvalue weighted by molar-refractivity contribution is -0.261. The lowest BCUT2D eigenvalue weighted by Gasteiger charge is -2.30. The van der Waals surface area contributed by atoms with E-state index in [1.165, 1.54) is 0 Å². The van der Waals surface area contributed by atoms with Gasteiger partial charge in [0.25, 0.3) is 0 Å². The van der Waals surface area contributed by atoms with Crippen LogP contribution >= 0.6 is 0 Å². The first-order valence-corrected chi connectivity index (χ1v) is 6.30. The van der Waals surface area contributed by atoms with Crippen molar-refractivity contribution in [3.05, 3.63) is 23.8 Å². The molecular weight excluding hydrogens is 323 g/mol. The Labute approximate surface area is 133 Å². The summed E-state index contributed by atoms with van der Waals surface area (Å²) in [6.45, 7) is -1.10. The Kier molecular flexibility index (Phi) is 3.40. The van der Waals surface area contributed by atoms with E-state index in [9.17, 15) is 27.2 Å². The molecule has 0 bridgehead atoms. The largest absolute Gasteiger partial charge is 0.491 e. The molecule has 4 nitrogen and oxygen atoms in total. The molecular formula is C14H13F5N2O2. The maximum atomic E-state index is 13.9. The molecule has 1 aromatic carbocycles. The van der Waals surface area contributed by atoms with Crippen molar-refractivity contribution in [1.29, 1.82) is 5.26 Å². The highest BCUT2D eigenvalue weighted by molar-refractivity contribution is 5.62. The maximum absolute atomic E-state index is 13.9. The highest BCUT2D eigenvalue weighted by Crippen LogP contribution is 2.46. The highest BCUT2D eigenvalue weighted by atomic mass is 19.4. The summed E-state index contributed by atoms with van der Waals surface area (Å²) >= 11 is 0. The van der Waals surface area contributed by atoms with Gasteiger partial charge in [-0.3, -0.25) is 0 Å². The van der Waals surface area contributed by atoms with Crippen molar-refractivity contribution in [3.8, 4) is 11.8 Å². The van der Waals surface area contributed by atoms with E-state index >= 15 is 0 Å². The lowest BCUT2D eigenvalue weighted by Crippen LogP contribution is -2.49. The minimum Gasteiger partial charge on any atom is -0.491 e. The number of ether oxygens (including phenoxy) is 2. The van der Waals surface area contributed by atoms with E-state index in [1.807, 2.05) is 0 Å². The van der Waals surface area contributed by atoms with Gasteiger partial charge in [-0.15, -0.1) is 0 Å². The van der Waals surface area contributed by atoms with E-state index in [1.54, 1.807) is 6.07 Å². The van der Waals surface area contributed by atoms with Crippen LogP contribution in [0.25, 0.3) is 0 Å². The van der Waals surface area contributed by atoms with Crippen LogP contribution in [0.5, 0.6) is 5.75 Å². The summed E-state index contributed by atoms with van der Waals surface area (Å²) in [4.78, 5) is 0.792. The van der Waals surface area contributed by atoms with Crippen molar-refractivity contribution in [2.24, 2.45) is 0 Å². The van der Waals surface area contributed by atoms with Gasteiger partial charge in [0.2, 0.25) is 5.82 Å². The van der Waals surface area contributed by atoms with E-state index in [0.29, 0.717) is 6.07 Å². The monoisotopic (exact) mass is 339 g/mol. The van der Waals surface area contributed by atoms with Crippen LogP contribution in [-0.4, -0.2) is 38.5 Å². The predicted molar refractivity (Wildman–Crippen MR) is 70.1 cm³/mol. The summed E-state index contributed by atoms with van der Waals surface area (Å²) in [7, 11) is -2.40. The molecule has 0 saturated carbocycles. The normalized spacial score (nSPS) is 27.1. The van der Waals surface area contributed by atoms with Gasteiger partial charge >= 0.3 is 6.18 Å². The summed E-state index contributed by atoms with van der Waals surface area (Å²) in [6.07, 6.45) is -6.15. The number of halogens is 5. The van der Waals surface area contributed by atoms with Crippen molar-refractivity contribution in [1.82, 2.24) is 0 Å². The van der Waals surface area contributed by atoms with E-state index < -0.39 is 55.2 Å². The lowest BCUT2D eigenvalue weighted by atomic mass is 10.00. The van der Waals surface area contributed by atoms with Crippen LogP contribution < -0.4 is 9.64 Å². The van der Waals surface area contributed by atoms with E-state index in [0.717, 1.165) is 18.1 Å². The van der Waals surface area contributed by atoms with Crippen molar-refractivity contribution in [2.75, 3.05) is 25.6 Å². The fourth-order valence-corrected chi connectivity index (χ4v) is 2.52. The van der Waals surface area contributed by atoms with Gasteiger partial charge in [-0.1, -0.05) is 0 Å². The van der Waals surface area contributed by atoms with Crippen molar-refractivity contribution in [2.45, 2.75) is 24.2 Å². The van der Waals surface area contributed by atoms with E-state index in [-0.39, 0.29) is 5.69 Å². The van der Waals surface area contributed by atoms with Gasteiger partial charge in [-0.25, -0.2) is 4.39 Å². The Morgan fingerprint density at radius 2 is 2.13 bits per heavy atom. The maximum Gasteiger partial charge on any atom is 0.419 e. The Bertz CT molecular complexity index is 735. The van der Waals surface area contributed by atoms with Crippen LogP contribution in [0.2, 0.25) is 0 Å². The van der Waals surface area contributed by atoms with Gasteiger partial charge in [-0.2, -0.15) is 22.8 Å². The van der Waals surface area contributed by atoms with Gasteiger partial charge in [0.05, 0.1) is 29.5 Å². The topological polar surface area (TPSA) is 45.5 Å². The number of anilines is 1. The zero-order chi connectivity index (χ0) is 19.9. The van der Waals surface area contributed by atoms with Crippen LogP contribution in [0.15, 0.2) is 12.1 Å². The van der Waals surface area contributed by atoms with Gasteiger partial charge in [0, 0.05) is 13.5 Å². The quantitative estimate of drug-likeness (QED) is 0.794. The van der Waals surface area contributed by atoms with Crippen molar-refractivity contribution >= 4 is 5.69 Å². The molecule has 9 heteroatoms. The molecule has 0 amide bonds. The number of hydrogen-bond acceptors (Lipinski definition) is 4. The first-order chi connectivity index (χ1) is 11.8. The molecule has 1 aromatic rings. The zero-order valence-electron chi connectivity index (χ0n) is 14.7. The molecule has 2 rings (SSSR count). The summed E-state index contributed by atoms with van der Waals surface area (Å²) in [5, 5.41) is 9.22. The second kappa shape index (κ2) is 5.85. The highest BCUT2D eigenvalue weighted by Gasteiger charge is 2.62. The zero-order valence-corrected chi connectivity index (χ0v) is 11.7. The molecule has 1 aliphatic heterocycles. The molecule has 126 valence electrons. The number of alkyl halides is 3. The number of nitriles is 1. The minimum atomic E-state index is -5.13. The van der Waals surface area contributed by atoms with Crippen LogP contribution in [-0.2, 0) is 4.74 Å². The molecule has 2 unspecified atom stereocenters. The Morgan fingerprint density at radius 1 is 1.43 bits per heavy atom. The average Bonchev–Trinajstić information content (AvgIpc) is 2.87. The van der Waals surface area contributed by atoms with Crippen LogP contribution in [0, 0.1) is 23.0 Å². The van der Waals surface area contributed by atoms with Crippen LogP contribution in [0.4, 0.5) is 27.6 Å². The summed E-state index contributed by atoms with van der Waals surface area (Å²) < 4.78 is 98.1. The van der Waals surface area contributed by atoms with Gasteiger partial charge in [0.1, 0.15) is 6.04 Å². The molecule has 1 fully saturated rings. The second-order valence-electron chi connectivity index (χ2n) is 4.98.